The van der Waals surface area contributed by atoms with Crippen molar-refractivity contribution in [3.63, 3.8) is 0 Å². The van der Waals surface area contributed by atoms with Crippen LogP contribution in [0.1, 0.15) is 28.7 Å². The Kier molecular flexibility index (Phi) is 3.25. The van der Waals surface area contributed by atoms with Gasteiger partial charge in [0.05, 0.1) is 6.26 Å². The van der Waals surface area contributed by atoms with Gasteiger partial charge >= 0.3 is 0 Å². The van der Waals surface area contributed by atoms with Crippen molar-refractivity contribution in [2.24, 2.45) is 7.05 Å². The lowest BCUT2D eigenvalue weighted by molar-refractivity contribution is 0.0781. The molecule has 0 aliphatic carbocycles. The van der Waals surface area contributed by atoms with Gasteiger partial charge in [-0.05, 0) is 30.7 Å². The molecule has 3 aromatic rings. The number of nitrogens with zero attached hydrogens (tertiary/aromatic N) is 4. The number of carbonyl (C=O) groups excluding carboxylic acids is 1. The summed E-state index contributed by atoms with van der Waals surface area (Å²) in [5, 5.41) is 4.04. The zero-order valence-electron chi connectivity index (χ0n) is 12.7. The van der Waals surface area contributed by atoms with Crippen molar-refractivity contribution >= 4 is 5.91 Å². The van der Waals surface area contributed by atoms with Gasteiger partial charge in [0.2, 0.25) is 0 Å². The van der Waals surface area contributed by atoms with Crippen molar-refractivity contribution in [3.05, 3.63) is 48.2 Å². The van der Waals surface area contributed by atoms with Gasteiger partial charge in [-0.25, -0.2) is 0 Å². The Bertz CT molecular complexity index is 818. The first-order valence-electron chi connectivity index (χ1n) is 7.50. The molecular weight excluding hydrogens is 296 g/mol. The molecule has 0 saturated carbocycles. The maximum atomic E-state index is 12.5. The van der Waals surface area contributed by atoms with Crippen molar-refractivity contribution in [2.75, 3.05) is 13.1 Å². The summed E-state index contributed by atoms with van der Waals surface area (Å²) in [6.07, 6.45) is 4.26. The van der Waals surface area contributed by atoms with Gasteiger partial charge in [0, 0.05) is 32.3 Å². The van der Waals surface area contributed by atoms with Crippen LogP contribution in [0.2, 0.25) is 0 Å². The number of amides is 1. The van der Waals surface area contributed by atoms with E-state index < -0.39 is 0 Å². The van der Waals surface area contributed by atoms with E-state index in [9.17, 15) is 4.79 Å². The van der Waals surface area contributed by atoms with Crippen molar-refractivity contribution < 1.29 is 13.7 Å². The molecule has 0 aromatic carbocycles. The second kappa shape index (κ2) is 5.42. The molecule has 0 bridgehead atoms. The van der Waals surface area contributed by atoms with Crippen LogP contribution in [0, 0.1) is 0 Å². The van der Waals surface area contributed by atoms with Crippen LogP contribution in [0.15, 0.2) is 45.7 Å². The predicted molar refractivity (Wildman–Crippen MR) is 80.7 cm³/mol. The first-order chi connectivity index (χ1) is 11.2. The molecule has 0 N–H and O–H groups in total. The zero-order valence-corrected chi connectivity index (χ0v) is 12.7. The molecular formula is C16H16N4O3. The van der Waals surface area contributed by atoms with Crippen LogP contribution in [0.3, 0.4) is 0 Å². The van der Waals surface area contributed by atoms with Gasteiger partial charge in [0.25, 0.3) is 11.8 Å². The smallest absolute Gasteiger partial charge is 0.293 e. The molecule has 1 saturated heterocycles. The summed E-state index contributed by atoms with van der Waals surface area (Å²) in [5.41, 5.74) is 0.690. The van der Waals surface area contributed by atoms with E-state index in [-0.39, 0.29) is 11.8 Å². The van der Waals surface area contributed by atoms with Gasteiger partial charge in [0.1, 0.15) is 5.69 Å². The van der Waals surface area contributed by atoms with Gasteiger partial charge < -0.3 is 18.4 Å². The fourth-order valence-corrected chi connectivity index (χ4v) is 2.90. The maximum Gasteiger partial charge on any atom is 0.293 e. The first-order valence-corrected chi connectivity index (χ1v) is 7.50. The van der Waals surface area contributed by atoms with E-state index in [0.717, 1.165) is 6.42 Å². The molecule has 4 rings (SSSR count). The Hall–Kier alpha value is -2.83. The Morgan fingerprint density at radius 3 is 3.00 bits per heavy atom. The van der Waals surface area contributed by atoms with E-state index in [1.807, 2.05) is 34.8 Å². The summed E-state index contributed by atoms with van der Waals surface area (Å²) >= 11 is 0. The number of likely N-dealkylation sites (tertiary alicyclic amines) is 1. The summed E-state index contributed by atoms with van der Waals surface area (Å²) in [6.45, 7) is 1.29. The fraction of sp³-hybridized carbons (Fsp3) is 0.312. The molecule has 1 amide bonds. The van der Waals surface area contributed by atoms with Crippen LogP contribution in [-0.2, 0) is 7.05 Å². The zero-order chi connectivity index (χ0) is 15.8. The van der Waals surface area contributed by atoms with Crippen LogP contribution < -0.4 is 0 Å². The number of hydrogen-bond acceptors (Lipinski definition) is 5. The Balaban J connectivity index is 1.48. The monoisotopic (exact) mass is 312 g/mol. The van der Waals surface area contributed by atoms with Crippen molar-refractivity contribution in [1.82, 2.24) is 19.6 Å². The number of furan rings is 1. The molecule has 4 heterocycles. The molecule has 7 heteroatoms. The normalized spacial score (nSPS) is 17.8. The minimum Gasteiger partial charge on any atom is -0.459 e. The van der Waals surface area contributed by atoms with Gasteiger partial charge in [-0.15, -0.1) is 0 Å². The van der Waals surface area contributed by atoms with Gasteiger partial charge in [0.15, 0.2) is 11.6 Å². The number of aromatic nitrogens is 3. The number of hydrogen-bond donors (Lipinski definition) is 0. The topological polar surface area (TPSA) is 77.3 Å². The lowest BCUT2D eigenvalue weighted by atomic mass is 10.1. The second-order valence-electron chi connectivity index (χ2n) is 5.68. The molecule has 3 aromatic heterocycles. The van der Waals surface area contributed by atoms with E-state index in [2.05, 4.69) is 10.1 Å². The number of aryl methyl sites for hydroxylation is 1. The average molecular weight is 312 g/mol. The van der Waals surface area contributed by atoms with Crippen molar-refractivity contribution in [1.29, 1.82) is 0 Å². The highest BCUT2D eigenvalue weighted by Crippen LogP contribution is 2.28. The van der Waals surface area contributed by atoms with Gasteiger partial charge in [-0.1, -0.05) is 5.16 Å². The minimum absolute atomic E-state index is 0.0368. The third-order valence-corrected chi connectivity index (χ3v) is 4.18. The first kappa shape index (κ1) is 13.8. The molecule has 1 aliphatic heterocycles. The molecule has 23 heavy (non-hydrogen) atoms. The summed E-state index contributed by atoms with van der Waals surface area (Å²) in [6, 6.07) is 7.25. The quantitative estimate of drug-likeness (QED) is 0.741. The van der Waals surface area contributed by atoms with Crippen LogP contribution in [-0.4, -0.2) is 38.6 Å². The summed E-state index contributed by atoms with van der Waals surface area (Å²) in [4.78, 5) is 18.8. The molecule has 1 atom stereocenters. The maximum absolute atomic E-state index is 12.5. The van der Waals surface area contributed by atoms with Gasteiger partial charge in [-0.2, -0.15) is 4.98 Å². The number of rotatable bonds is 3. The van der Waals surface area contributed by atoms with Gasteiger partial charge in [-0.3, -0.25) is 4.79 Å². The highest BCUT2D eigenvalue weighted by Gasteiger charge is 2.32. The third-order valence-electron chi connectivity index (χ3n) is 4.18. The molecule has 0 spiro atoms. The Morgan fingerprint density at radius 1 is 1.35 bits per heavy atom. The largest absolute Gasteiger partial charge is 0.459 e. The lowest BCUT2D eigenvalue weighted by Crippen LogP contribution is -2.29. The molecule has 0 radical (unpaired) electrons. The Labute approximate surface area is 132 Å². The van der Waals surface area contributed by atoms with Crippen molar-refractivity contribution in [2.45, 2.75) is 12.3 Å². The van der Waals surface area contributed by atoms with E-state index in [4.69, 9.17) is 8.94 Å². The van der Waals surface area contributed by atoms with Crippen LogP contribution in [0.5, 0.6) is 0 Å². The second-order valence-corrected chi connectivity index (χ2v) is 5.68. The molecule has 0 unspecified atom stereocenters. The summed E-state index contributed by atoms with van der Waals surface area (Å²) in [5.74, 6) is 1.68. The lowest BCUT2D eigenvalue weighted by Gasteiger charge is -2.16. The molecule has 118 valence electrons. The van der Waals surface area contributed by atoms with Crippen LogP contribution in [0.25, 0.3) is 11.7 Å². The standard InChI is InChI=1S/C16H16N4O3/c1-19-7-2-4-12(19)16(21)20-8-6-11(10-20)14-17-15(23-18-14)13-5-3-9-22-13/h2-5,7,9,11H,6,8,10H2,1H3/t11-/m0/s1. The Morgan fingerprint density at radius 2 is 2.26 bits per heavy atom. The SMILES string of the molecule is Cn1cccc1C(=O)N1CC[C@H](c2noc(-c3ccco3)n2)C1. The highest BCUT2D eigenvalue weighted by atomic mass is 16.5. The highest BCUT2D eigenvalue weighted by molar-refractivity contribution is 5.93. The number of carbonyl (C=O) groups is 1. The average Bonchev–Trinajstić information content (AvgIpc) is 3.31. The predicted octanol–water partition coefficient (Wildman–Crippen LogP) is 2.30. The fourth-order valence-electron chi connectivity index (χ4n) is 2.90. The van der Waals surface area contributed by atoms with E-state index in [1.165, 1.54) is 0 Å². The summed E-state index contributed by atoms with van der Waals surface area (Å²) in [7, 11) is 1.87. The van der Waals surface area contributed by atoms with Crippen molar-refractivity contribution in [3.8, 4) is 11.7 Å². The van der Waals surface area contributed by atoms with Crippen LogP contribution in [0.4, 0.5) is 0 Å². The van der Waals surface area contributed by atoms with E-state index in [0.29, 0.717) is 36.3 Å². The minimum atomic E-state index is 0.0368. The summed E-state index contributed by atoms with van der Waals surface area (Å²) < 4.78 is 12.3. The van der Waals surface area contributed by atoms with E-state index in [1.54, 1.807) is 18.4 Å². The van der Waals surface area contributed by atoms with E-state index >= 15 is 0 Å². The third kappa shape index (κ3) is 2.44. The molecule has 1 fully saturated rings. The molecule has 7 nitrogen and oxygen atoms in total. The van der Waals surface area contributed by atoms with Crippen LogP contribution >= 0.6 is 0 Å². The molecule has 1 aliphatic rings.